The average molecular weight is 496 g/mol. The maximum absolute atomic E-state index is 12.1. The van der Waals surface area contributed by atoms with Crippen LogP contribution in [0.25, 0.3) is 6.08 Å². The van der Waals surface area contributed by atoms with Gasteiger partial charge in [-0.25, -0.2) is 9.99 Å². The molecule has 1 N–H and O–H groups in total. The fourth-order valence-corrected chi connectivity index (χ4v) is 5.98. The van der Waals surface area contributed by atoms with Crippen LogP contribution in [0.1, 0.15) is 58.7 Å². The number of rotatable bonds is 4. The quantitative estimate of drug-likeness (QED) is 0.379. The van der Waals surface area contributed by atoms with E-state index < -0.39 is 0 Å². The molecule has 2 heterocycles. The number of nitrogens with zero attached hydrogens (tertiary/aromatic N) is 2. The molecule has 1 aromatic heterocycles. The Kier molecular flexibility index (Phi) is 6.04. The largest absolute Gasteiger partial charge is 0.295 e. The molecule has 7 heteroatoms. The second-order valence-electron chi connectivity index (χ2n) is 8.32. The number of hydrazine groups is 1. The van der Waals surface area contributed by atoms with Crippen LogP contribution in [0.5, 0.6) is 0 Å². The van der Waals surface area contributed by atoms with Crippen LogP contribution in [-0.4, -0.2) is 10.8 Å². The highest BCUT2D eigenvalue weighted by Crippen LogP contribution is 2.48. The summed E-state index contributed by atoms with van der Waals surface area (Å²) >= 11 is 14.6. The van der Waals surface area contributed by atoms with E-state index in [2.05, 4.69) is 22.6 Å². The smallest absolute Gasteiger partial charge is 0.206 e. The van der Waals surface area contributed by atoms with E-state index >= 15 is 0 Å². The van der Waals surface area contributed by atoms with Gasteiger partial charge in [-0.3, -0.25) is 10.2 Å². The molecule has 1 atom stereocenters. The van der Waals surface area contributed by atoms with Crippen LogP contribution in [0.4, 0.5) is 5.13 Å². The van der Waals surface area contributed by atoms with E-state index in [1.807, 2.05) is 49.4 Å². The molecule has 0 radical (unpaired) electrons. The van der Waals surface area contributed by atoms with E-state index in [-0.39, 0.29) is 11.8 Å². The Labute approximate surface area is 207 Å². The third-order valence-corrected chi connectivity index (χ3v) is 8.05. The molecule has 5 rings (SSSR count). The Morgan fingerprint density at radius 1 is 1.12 bits per heavy atom. The number of benzene rings is 2. The normalized spacial score (nSPS) is 19.1. The van der Waals surface area contributed by atoms with Gasteiger partial charge in [0.05, 0.1) is 16.3 Å². The highest BCUT2D eigenvalue weighted by atomic mass is 35.5. The molecular formula is C26H23Cl2N3OS. The number of hydrogen-bond acceptors (Lipinski definition) is 5. The summed E-state index contributed by atoms with van der Waals surface area (Å²) in [4.78, 5) is 17.5. The van der Waals surface area contributed by atoms with Gasteiger partial charge in [0.25, 0.3) is 0 Å². The summed E-state index contributed by atoms with van der Waals surface area (Å²) in [7, 11) is 0. The van der Waals surface area contributed by atoms with Crippen molar-refractivity contribution < 1.29 is 4.79 Å². The van der Waals surface area contributed by atoms with Crippen LogP contribution in [0.3, 0.4) is 0 Å². The van der Waals surface area contributed by atoms with Crippen molar-refractivity contribution in [1.82, 2.24) is 10.4 Å². The molecule has 2 aliphatic rings. The summed E-state index contributed by atoms with van der Waals surface area (Å²) in [6, 6.07) is 15.7. The Morgan fingerprint density at radius 3 is 2.55 bits per heavy atom. The van der Waals surface area contributed by atoms with Crippen LogP contribution in [0.15, 0.2) is 65.4 Å². The monoisotopic (exact) mass is 495 g/mol. The fourth-order valence-electron chi connectivity index (χ4n) is 4.60. The fraction of sp³-hybridized carbons (Fsp3) is 0.231. The Balaban J connectivity index is 1.64. The minimum absolute atomic E-state index is 0.0294. The van der Waals surface area contributed by atoms with Crippen LogP contribution in [-0.2, 0) is 0 Å². The van der Waals surface area contributed by atoms with Gasteiger partial charge < -0.3 is 0 Å². The van der Waals surface area contributed by atoms with Crippen LogP contribution in [0, 0.1) is 6.92 Å². The lowest BCUT2D eigenvalue weighted by Gasteiger charge is -2.27. The molecule has 33 heavy (non-hydrogen) atoms. The molecular weight excluding hydrogens is 473 g/mol. The van der Waals surface area contributed by atoms with Gasteiger partial charge in [0, 0.05) is 17.0 Å². The average Bonchev–Trinajstić information content (AvgIpc) is 3.37. The molecule has 3 aromatic rings. The van der Waals surface area contributed by atoms with Crippen molar-refractivity contribution in [1.29, 1.82) is 0 Å². The van der Waals surface area contributed by atoms with Crippen molar-refractivity contribution in [2.75, 3.05) is 5.01 Å². The van der Waals surface area contributed by atoms with Crippen LogP contribution in [0.2, 0.25) is 10.0 Å². The zero-order chi connectivity index (χ0) is 23.1. The molecule has 1 aliphatic heterocycles. The van der Waals surface area contributed by atoms with Gasteiger partial charge in [-0.15, -0.1) is 0 Å². The number of aryl methyl sites for hydroxylation is 1. The number of thiazole rings is 1. The summed E-state index contributed by atoms with van der Waals surface area (Å²) in [5.74, 6) is 0.0294. The highest BCUT2D eigenvalue weighted by Gasteiger charge is 2.39. The van der Waals surface area contributed by atoms with Gasteiger partial charge in [-0.1, -0.05) is 70.9 Å². The maximum Gasteiger partial charge on any atom is 0.206 e. The summed E-state index contributed by atoms with van der Waals surface area (Å²) in [5, 5.41) is 4.28. The number of nitrogens with one attached hydrogen (secondary N) is 1. The van der Waals surface area contributed by atoms with Crippen molar-refractivity contribution in [3.8, 4) is 0 Å². The molecule has 0 fully saturated rings. The van der Waals surface area contributed by atoms with Crippen molar-refractivity contribution in [2.24, 2.45) is 0 Å². The van der Waals surface area contributed by atoms with Crippen molar-refractivity contribution in [3.05, 3.63) is 97.1 Å². The molecule has 0 saturated carbocycles. The van der Waals surface area contributed by atoms with Crippen molar-refractivity contribution >= 4 is 51.5 Å². The first kappa shape index (κ1) is 22.2. The number of carbonyl (C=O) groups excluding carboxylic acids is 1. The molecule has 0 spiro atoms. The molecule has 0 amide bonds. The van der Waals surface area contributed by atoms with Crippen LogP contribution < -0.4 is 10.4 Å². The third kappa shape index (κ3) is 4.10. The van der Waals surface area contributed by atoms with E-state index in [0.717, 1.165) is 51.9 Å². The number of carbonyl (C=O) groups is 1. The van der Waals surface area contributed by atoms with Gasteiger partial charge in [0.2, 0.25) is 5.13 Å². The lowest BCUT2D eigenvalue weighted by atomic mass is 9.86. The van der Waals surface area contributed by atoms with Crippen molar-refractivity contribution in [2.45, 2.75) is 39.2 Å². The summed E-state index contributed by atoms with van der Waals surface area (Å²) in [6.07, 6.45) is 5.13. The van der Waals surface area contributed by atoms with E-state index in [1.54, 1.807) is 6.92 Å². The molecule has 0 bridgehead atoms. The lowest BCUT2D eigenvalue weighted by Crippen LogP contribution is -2.34. The minimum atomic E-state index is -0.103. The first-order valence-corrected chi connectivity index (χ1v) is 12.5. The zero-order valence-electron chi connectivity index (χ0n) is 18.4. The lowest BCUT2D eigenvalue weighted by molar-refractivity contribution is 0.102. The van der Waals surface area contributed by atoms with E-state index in [1.165, 1.54) is 22.5 Å². The van der Waals surface area contributed by atoms with E-state index in [9.17, 15) is 4.79 Å². The Morgan fingerprint density at radius 2 is 1.85 bits per heavy atom. The number of halogens is 2. The molecule has 0 unspecified atom stereocenters. The standard InChI is InChI=1S/C26H23Cl2N3OS/c1-15-25(16(2)32)33-26(29-15)31-24(19-10-4-6-13-22(19)28)20-11-7-9-18(23(20)30-31)14-17-8-3-5-12-21(17)27/h3-6,8,10,12-14,24,30H,7,9,11H2,1-2H3/b18-14+/t24-/m0/s1. The summed E-state index contributed by atoms with van der Waals surface area (Å²) in [5.41, 5.74) is 10.00. The number of ketones is 1. The predicted molar refractivity (Wildman–Crippen MR) is 137 cm³/mol. The van der Waals surface area contributed by atoms with Gasteiger partial charge >= 0.3 is 0 Å². The van der Waals surface area contributed by atoms with Gasteiger partial charge in [0.1, 0.15) is 6.04 Å². The number of allylic oxidation sites excluding steroid dienone is 1. The van der Waals surface area contributed by atoms with Gasteiger partial charge in [-0.2, -0.15) is 0 Å². The van der Waals surface area contributed by atoms with Crippen LogP contribution >= 0.6 is 34.5 Å². The van der Waals surface area contributed by atoms with E-state index in [0.29, 0.717) is 9.90 Å². The SMILES string of the molecule is CC(=O)c1sc(N2NC3=C(CCC/C3=C\c3ccccc3Cl)[C@@H]2c2ccccc2Cl)nc1C. The van der Waals surface area contributed by atoms with Crippen molar-refractivity contribution in [3.63, 3.8) is 0 Å². The molecule has 0 saturated heterocycles. The molecule has 168 valence electrons. The topological polar surface area (TPSA) is 45.2 Å². The first-order chi connectivity index (χ1) is 15.9. The third-order valence-electron chi connectivity index (χ3n) is 6.10. The maximum atomic E-state index is 12.1. The zero-order valence-corrected chi connectivity index (χ0v) is 20.7. The first-order valence-electron chi connectivity index (χ1n) is 10.9. The van der Waals surface area contributed by atoms with E-state index in [4.69, 9.17) is 28.2 Å². The molecule has 2 aromatic carbocycles. The van der Waals surface area contributed by atoms with Gasteiger partial charge in [0.15, 0.2) is 5.78 Å². The summed E-state index contributed by atoms with van der Waals surface area (Å²) in [6.45, 7) is 3.47. The number of hydrogen-bond donors (Lipinski definition) is 1. The predicted octanol–water partition coefficient (Wildman–Crippen LogP) is 7.55. The second-order valence-corrected chi connectivity index (χ2v) is 10.1. The molecule has 4 nitrogen and oxygen atoms in total. The molecule has 1 aliphatic carbocycles. The Hall–Kier alpha value is -2.60. The highest BCUT2D eigenvalue weighted by molar-refractivity contribution is 7.17. The van der Waals surface area contributed by atoms with Gasteiger partial charge in [-0.05, 0) is 66.7 Å². The number of aromatic nitrogens is 1. The number of Topliss-reactive ketones (excluding diaryl/α,β-unsaturated/α-hetero) is 1. The second kappa shape index (κ2) is 8.98. The summed E-state index contributed by atoms with van der Waals surface area (Å²) < 4.78 is 0. The number of anilines is 1. The Bertz CT molecular complexity index is 1310. The minimum Gasteiger partial charge on any atom is -0.295 e.